The highest BCUT2D eigenvalue weighted by Gasteiger charge is 2.13. The predicted molar refractivity (Wildman–Crippen MR) is 92.6 cm³/mol. The Hall–Kier alpha value is -2.41. The average Bonchev–Trinajstić information content (AvgIpc) is 3.00. The summed E-state index contributed by atoms with van der Waals surface area (Å²) in [5.41, 5.74) is 1.34. The fourth-order valence-electron chi connectivity index (χ4n) is 1.94. The number of nitrogens with zero attached hydrogens (tertiary/aromatic N) is 1. The third kappa shape index (κ3) is 5.66. The molecule has 2 aromatic rings. The fraction of sp³-hybridized carbons (Fsp3) is 0.353. The van der Waals surface area contributed by atoms with Crippen molar-refractivity contribution >= 4 is 28.3 Å². The normalized spacial score (nSPS) is 10.2. The molecule has 0 atom stereocenters. The second kappa shape index (κ2) is 9.02. The van der Waals surface area contributed by atoms with Gasteiger partial charge in [-0.15, -0.1) is 11.3 Å². The van der Waals surface area contributed by atoms with Crippen molar-refractivity contribution < 1.29 is 19.1 Å². The topological polar surface area (TPSA) is 77.5 Å². The number of rotatable bonds is 8. The third-order valence-corrected chi connectivity index (χ3v) is 3.80. The Kier molecular flexibility index (Phi) is 6.74. The fourth-order valence-corrected chi connectivity index (χ4v) is 2.64. The van der Waals surface area contributed by atoms with E-state index >= 15 is 0 Å². The van der Waals surface area contributed by atoms with Crippen LogP contribution < -0.4 is 10.1 Å². The Balaban J connectivity index is 1.70. The summed E-state index contributed by atoms with van der Waals surface area (Å²) in [7, 11) is 0. The van der Waals surface area contributed by atoms with Gasteiger partial charge in [-0.1, -0.05) is 12.1 Å². The number of nitrogens with one attached hydrogen (secondary N) is 1. The first-order valence-electron chi connectivity index (χ1n) is 7.70. The lowest BCUT2D eigenvalue weighted by molar-refractivity contribution is -0.116. The second-order valence-electron chi connectivity index (χ2n) is 5.08. The van der Waals surface area contributed by atoms with Crippen molar-refractivity contribution in [1.29, 1.82) is 0 Å². The number of amides is 1. The molecule has 0 saturated heterocycles. The first-order chi connectivity index (χ1) is 11.6. The molecule has 1 amide bonds. The van der Waals surface area contributed by atoms with Crippen molar-refractivity contribution in [2.75, 3.05) is 18.5 Å². The van der Waals surface area contributed by atoms with Gasteiger partial charge >= 0.3 is 5.97 Å². The van der Waals surface area contributed by atoms with Gasteiger partial charge in [0.15, 0.2) is 10.8 Å². The maximum Gasteiger partial charge on any atom is 0.357 e. The first-order valence-corrected chi connectivity index (χ1v) is 8.58. The van der Waals surface area contributed by atoms with Crippen molar-refractivity contribution in [3.8, 4) is 5.75 Å². The van der Waals surface area contributed by atoms with E-state index in [0.717, 1.165) is 11.3 Å². The number of hydrogen-bond donors (Lipinski definition) is 1. The van der Waals surface area contributed by atoms with Crippen LogP contribution in [0, 0.1) is 6.92 Å². The zero-order valence-corrected chi connectivity index (χ0v) is 14.5. The summed E-state index contributed by atoms with van der Waals surface area (Å²) in [5, 5.41) is 4.63. The number of esters is 1. The van der Waals surface area contributed by atoms with Gasteiger partial charge < -0.3 is 14.8 Å². The highest BCUT2D eigenvalue weighted by atomic mass is 32.1. The van der Waals surface area contributed by atoms with Gasteiger partial charge in [0.2, 0.25) is 5.91 Å². The van der Waals surface area contributed by atoms with Gasteiger partial charge in [-0.25, -0.2) is 9.78 Å². The second-order valence-corrected chi connectivity index (χ2v) is 5.93. The minimum Gasteiger partial charge on any atom is -0.494 e. The van der Waals surface area contributed by atoms with Crippen molar-refractivity contribution in [2.24, 2.45) is 0 Å². The summed E-state index contributed by atoms with van der Waals surface area (Å²) in [4.78, 5) is 27.4. The Labute approximate surface area is 144 Å². The van der Waals surface area contributed by atoms with Crippen LogP contribution in [0.1, 0.15) is 35.8 Å². The molecule has 1 N–H and O–H groups in total. The van der Waals surface area contributed by atoms with Gasteiger partial charge in [0.05, 0.1) is 13.2 Å². The van der Waals surface area contributed by atoms with Crippen LogP contribution in [0.2, 0.25) is 0 Å². The monoisotopic (exact) mass is 348 g/mol. The summed E-state index contributed by atoms with van der Waals surface area (Å²) in [6, 6.07) is 7.77. The number of benzene rings is 1. The molecule has 0 unspecified atom stereocenters. The van der Waals surface area contributed by atoms with E-state index < -0.39 is 5.97 Å². The van der Waals surface area contributed by atoms with Gasteiger partial charge in [0.25, 0.3) is 0 Å². The Morgan fingerprint density at radius 3 is 2.92 bits per heavy atom. The number of aromatic nitrogens is 1. The number of aryl methyl sites for hydroxylation is 1. The maximum absolute atomic E-state index is 11.9. The van der Waals surface area contributed by atoms with Crippen LogP contribution in [0.3, 0.4) is 0 Å². The van der Waals surface area contributed by atoms with Crippen LogP contribution >= 0.6 is 11.3 Å². The van der Waals surface area contributed by atoms with Gasteiger partial charge in [0, 0.05) is 11.8 Å². The van der Waals surface area contributed by atoms with Crippen LogP contribution in [0.5, 0.6) is 5.75 Å². The molecule has 128 valence electrons. The van der Waals surface area contributed by atoms with Crippen LogP contribution in [0.25, 0.3) is 0 Å². The van der Waals surface area contributed by atoms with Crippen LogP contribution in [-0.2, 0) is 9.53 Å². The highest BCUT2D eigenvalue weighted by molar-refractivity contribution is 7.14. The molecule has 0 fully saturated rings. The number of hydrogen-bond acceptors (Lipinski definition) is 6. The lowest BCUT2D eigenvalue weighted by atomic mass is 10.2. The van der Waals surface area contributed by atoms with E-state index in [1.165, 1.54) is 11.3 Å². The van der Waals surface area contributed by atoms with Crippen molar-refractivity contribution in [3.63, 3.8) is 0 Å². The predicted octanol–water partition coefficient (Wildman–Crippen LogP) is 3.43. The van der Waals surface area contributed by atoms with E-state index in [0.29, 0.717) is 31.2 Å². The van der Waals surface area contributed by atoms with Crippen molar-refractivity contribution in [1.82, 2.24) is 4.98 Å². The van der Waals surface area contributed by atoms with Gasteiger partial charge in [-0.05, 0) is 38.0 Å². The molecule has 0 bridgehead atoms. The number of carbonyl (C=O) groups excluding carboxylic acids is 2. The SMILES string of the molecule is CCOC(=O)c1csc(NC(=O)CCCOc2cccc(C)c2)n1. The smallest absolute Gasteiger partial charge is 0.357 e. The quantitative estimate of drug-likeness (QED) is 0.584. The number of anilines is 1. The van der Waals surface area contributed by atoms with E-state index in [9.17, 15) is 9.59 Å². The molecule has 0 aliphatic carbocycles. The Morgan fingerprint density at radius 1 is 1.33 bits per heavy atom. The molecule has 0 spiro atoms. The van der Waals surface area contributed by atoms with E-state index in [1.54, 1.807) is 12.3 Å². The minimum atomic E-state index is -0.485. The molecule has 0 saturated carbocycles. The molecule has 0 radical (unpaired) electrons. The largest absolute Gasteiger partial charge is 0.494 e. The Bertz CT molecular complexity index is 699. The Morgan fingerprint density at radius 2 is 2.17 bits per heavy atom. The van der Waals surface area contributed by atoms with Crippen molar-refractivity contribution in [2.45, 2.75) is 26.7 Å². The maximum atomic E-state index is 11.9. The molecule has 1 aromatic carbocycles. The zero-order valence-electron chi connectivity index (χ0n) is 13.7. The average molecular weight is 348 g/mol. The summed E-state index contributed by atoms with van der Waals surface area (Å²) >= 11 is 1.19. The van der Waals surface area contributed by atoms with E-state index in [1.807, 2.05) is 31.2 Å². The summed E-state index contributed by atoms with van der Waals surface area (Å²) in [6.07, 6.45) is 0.913. The van der Waals surface area contributed by atoms with Crippen LogP contribution in [-0.4, -0.2) is 30.1 Å². The molecular weight excluding hydrogens is 328 g/mol. The van der Waals surface area contributed by atoms with Crippen molar-refractivity contribution in [3.05, 3.63) is 40.9 Å². The summed E-state index contributed by atoms with van der Waals surface area (Å²) in [5.74, 6) is 0.155. The zero-order chi connectivity index (χ0) is 17.4. The van der Waals surface area contributed by atoms with E-state index in [-0.39, 0.29) is 11.6 Å². The molecule has 1 heterocycles. The molecule has 24 heavy (non-hydrogen) atoms. The lowest BCUT2D eigenvalue weighted by Gasteiger charge is -2.06. The number of carbonyl (C=O) groups is 2. The molecule has 2 rings (SSSR count). The standard InChI is InChI=1S/C17H20N2O4S/c1-3-22-16(21)14-11-24-17(18-14)19-15(20)8-5-9-23-13-7-4-6-12(2)10-13/h4,6-7,10-11H,3,5,8-9H2,1-2H3,(H,18,19,20). The summed E-state index contributed by atoms with van der Waals surface area (Å²) in [6.45, 7) is 4.48. The minimum absolute atomic E-state index is 0.160. The highest BCUT2D eigenvalue weighted by Crippen LogP contribution is 2.17. The van der Waals surface area contributed by atoms with Crippen LogP contribution in [0.4, 0.5) is 5.13 Å². The van der Waals surface area contributed by atoms with Gasteiger partial charge in [-0.3, -0.25) is 4.79 Å². The molecule has 6 nitrogen and oxygen atoms in total. The first kappa shape index (κ1) is 17.9. The van der Waals surface area contributed by atoms with Gasteiger partial charge in [-0.2, -0.15) is 0 Å². The summed E-state index contributed by atoms with van der Waals surface area (Å²) < 4.78 is 10.4. The van der Waals surface area contributed by atoms with Crippen LogP contribution in [0.15, 0.2) is 29.6 Å². The number of thiazole rings is 1. The molecule has 7 heteroatoms. The van der Waals surface area contributed by atoms with Gasteiger partial charge in [0.1, 0.15) is 5.75 Å². The van der Waals surface area contributed by atoms with E-state index in [2.05, 4.69) is 10.3 Å². The molecule has 0 aliphatic rings. The number of ether oxygens (including phenoxy) is 2. The molecular formula is C17H20N2O4S. The third-order valence-electron chi connectivity index (χ3n) is 3.04. The molecule has 0 aliphatic heterocycles. The molecule has 1 aromatic heterocycles. The van der Waals surface area contributed by atoms with E-state index in [4.69, 9.17) is 9.47 Å². The lowest BCUT2D eigenvalue weighted by Crippen LogP contribution is -2.13.